The Morgan fingerprint density at radius 1 is 0.718 bits per heavy atom. The average molecular weight is 573 g/mol. The Hall–Kier alpha value is -1.45. The van der Waals surface area contributed by atoms with E-state index >= 15 is 0 Å². The van der Waals surface area contributed by atoms with Gasteiger partial charge in [-0.05, 0) is 50.7 Å². The van der Waals surface area contributed by atoms with Crippen LogP contribution < -0.4 is 29.6 Å². The van der Waals surface area contributed by atoms with Crippen LogP contribution >= 0.6 is 0 Å². The van der Waals surface area contributed by atoms with Crippen molar-refractivity contribution in [3.63, 3.8) is 0 Å². The van der Waals surface area contributed by atoms with Crippen molar-refractivity contribution in [2.24, 2.45) is 0 Å². The Morgan fingerprint density at radius 3 is 1.67 bits per heavy atom. The standard InChI is InChI=1S/C30H46O7S.Na/c1-3-5-7-9-11-13-15-17-19-24-36-29(31)26-22-21-23-27(38(33,34)35)28(26)30(32)37-25-20-18-16-14-12-10-8-6-4-2;/h15-18,21-23H,3-14,19-20,24-25H2,1-2H3,(H,33,34,35);/q;+1/p-1/b17-15+,18-16+;. The molecule has 0 bridgehead atoms. The van der Waals surface area contributed by atoms with Crippen molar-refractivity contribution in [1.29, 1.82) is 0 Å². The molecular formula is C30H45NaO7S. The molecule has 0 saturated heterocycles. The molecule has 0 saturated carbocycles. The van der Waals surface area contributed by atoms with Gasteiger partial charge in [-0.25, -0.2) is 18.0 Å². The third-order valence-electron chi connectivity index (χ3n) is 6.04. The third-order valence-corrected chi connectivity index (χ3v) is 6.92. The molecule has 0 radical (unpaired) electrons. The van der Waals surface area contributed by atoms with Crippen LogP contribution in [0.5, 0.6) is 0 Å². The van der Waals surface area contributed by atoms with Gasteiger partial charge in [-0.15, -0.1) is 0 Å². The number of hydrogen-bond donors (Lipinski definition) is 0. The van der Waals surface area contributed by atoms with Crippen molar-refractivity contribution < 1.29 is 61.6 Å². The van der Waals surface area contributed by atoms with Gasteiger partial charge < -0.3 is 14.0 Å². The van der Waals surface area contributed by atoms with E-state index in [0.29, 0.717) is 12.8 Å². The molecule has 0 N–H and O–H groups in total. The van der Waals surface area contributed by atoms with E-state index in [0.717, 1.165) is 31.7 Å². The maximum atomic E-state index is 12.7. The average Bonchev–Trinajstić information content (AvgIpc) is 2.89. The van der Waals surface area contributed by atoms with E-state index in [-0.39, 0.29) is 48.3 Å². The summed E-state index contributed by atoms with van der Waals surface area (Å²) in [6.07, 6.45) is 22.7. The fourth-order valence-electron chi connectivity index (χ4n) is 3.91. The Bertz CT molecular complexity index is 987. The summed E-state index contributed by atoms with van der Waals surface area (Å²) < 4.78 is 45.8. The molecule has 1 aromatic rings. The van der Waals surface area contributed by atoms with Crippen molar-refractivity contribution in [2.45, 2.75) is 109 Å². The van der Waals surface area contributed by atoms with Crippen LogP contribution in [-0.2, 0) is 19.6 Å². The van der Waals surface area contributed by atoms with Crippen LogP contribution in [0.2, 0.25) is 0 Å². The Labute approximate surface area is 257 Å². The Balaban J connectivity index is 0.0000144. The first-order valence-corrected chi connectivity index (χ1v) is 15.5. The fraction of sp³-hybridized carbons (Fsp3) is 0.600. The van der Waals surface area contributed by atoms with Crippen LogP contribution in [0.4, 0.5) is 0 Å². The zero-order valence-corrected chi connectivity index (χ0v) is 26.9. The zero-order chi connectivity index (χ0) is 28.1. The predicted octanol–water partition coefficient (Wildman–Crippen LogP) is 4.52. The summed E-state index contributed by atoms with van der Waals surface area (Å²) in [6, 6.07) is 3.50. The van der Waals surface area contributed by atoms with Gasteiger partial charge in [0.05, 0.1) is 29.2 Å². The second kappa shape index (κ2) is 23.3. The molecule has 0 heterocycles. The first kappa shape index (κ1) is 37.6. The summed E-state index contributed by atoms with van der Waals surface area (Å²) in [7, 11) is -5.01. The number of allylic oxidation sites excluding steroid dienone is 2. The molecular weight excluding hydrogens is 527 g/mol. The van der Waals surface area contributed by atoms with Crippen molar-refractivity contribution in [1.82, 2.24) is 0 Å². The normalized spacial score (nSPS) is 11.6. The quantitative estimate of drug-likeness (QED) is 0.0700. The second-order valence-corrected chi connectivity index (χ2v) is 10.7. The first-order chi connectivity index (χ1) is 18.3. The molecule has 0 amide bonds. The topological polar surface area (TPSA) is 110 Å². The molecule has 0 unspecified atom stereocenters. The molecule has 0 atom stereocenters. The molecule has 0 aliphatic carbocycles. The summed E-state index contributed by atoms with van der Waals surface area (Å²) in [5, 5.41) is 0. The van der Waals surface area contributed by atoms with Gasteiger partial charge in [0.2, 0.25) is 0 Å². The summed E-state index contributed by atoms with van der Waals surface area (Å²) in [5.41, 5.74) is -0.871. The van der Waals surface area contributed by atoms with Gasteiger partial charge in [-0.1, -0.05) is 95.6 Å². The number of rotatable bonds is 21. The van der Waals surface area contributed by atoms with E-state index in [1.165, 1.54) is 63.5 Å². The minimum atomic E-state index is -5.01. The number of unbranched alkanes of at least 4 members (excludes halogenated alkanes) is 10. The van der Waals surface area contributed by atoms with E-state index in [4.69, 9.17) is 9.47 Å². The van der Waals surface area contributed by atoms with Crippen molar-refractivity contribution in [3.05, 3.63) is 53.6 Å². The van der Waals surface area contributed by atoms with E-state index < -0.39 is 32.5 Å². The van der Waals surface area contributed by atoms with Crippen LogP contribution in [0.1, 0.15) is 124 Å². The maximum absolute atomic E-state index is 12.7. The summed E-state index contributed by atoms with van der Waals surface area (Å²) in [5.74, 6) is -1.92. The van der Waals surface area contributed by atoms with Gasteiger partial charge in [-0.3, -0.25) is 0 Å². The molecule has 214 valence electrons. The summed E-state index contributed by atoms with van der Waals surface area (Å²) >= 11 is 0. The van der Waals surface area contributed by atoms with Gasteiger partial charge >= 0.3 is 41.5 Å². The predicted molar refractivity (Wildman–Crippen MR) is 149 cm³/mol. The minimum Gasteiger partial charge on any atom is -0.744 e. The molecule has 39 heavy (non-hydrogen) atoms. The fourth-order valence-corrected chi connectivity index (χ4v) is 4.60. The molecule has 0 aliphatic rings. The van der Waals surface area contributed by atoms with Crippen molar-refractivity contribution in [3.8, 4) is 0 Å². The van der Waals surface area contributed by atoms with E-state index in [1.807, 2.05) is 24.3 Å². The molecule has 0 spiro atoms. The number of hydrogen-bond acceptors (Lipinski definition) is 7. The molecule has 0 aromatic heterocycles. The first-order valence-electron chi connectivity index (χ1n) is 14.1. The molecule has 0 fully saturated rings. The van der Waals surface area contributed by atoms with Gasteiger partial charge in [0, 0.05) is 0 Å². The van der Waals surface area contributed by atoms with Crippen LogP contribution in [0, 0.1) is 0 Å². The van der Waals surface area contributed by atoms with E-state index in [1.54, 1.807) is 0 Å². The molecule has 9 heteroatoms. The second-order valence-electron chi connectivity index (χ2n) is 9.33. The molecule has 0 aliphatic heterocycles. The van der Waals surface area contributed by atoms with Gasteiger partial charge in [0.15, 0.2) is 0 Å². The molecule has 1 rings (SSSR count). The van der Waals surface area contributed by atoms with Gasteiger partial charge in [-0.2, -0.15) is 0 Å². The van der Waals surface area contributed by atoms with E-state index in [9.17, 15) is 22.6 Å². The van der Waals surface area contributed by atoms with Crippen molar-refractivity contribution in [2.75, 3.05) is 13.2 Å². The monoisotopic (exact) mass is 572 g/mol. The van der Waals surface area contributed by atoms with Gasteiger partial charge in [0.25, 0.3) is 0 Å². The van der Waals surface area contributed by atoms with Crippen LogP contribution in [-0.4, -0.2) is 38.1 Å². The molecule has 1 aromatic carbocycles. The van der Waals surface area contributed by atoms with Crippen molar-refractivity contribution >= 4 is 22.1 Å². The van der Waals surface area contributed by atoms with Crippen LogP contribution in [0.15, 0.2) is 47.4 Å². The number of ether oxygens (including phenoxy) is 2. The summed E-state index contributed by atoms with van der Waals surface area (Å²) in [6.45, 7) is 4.42. The SMILES string of the molecule is CCCCCCC/C=C/CCOC(=O)c1cccc(S(=O)(=O)[O-])c1C(=O)OCC/C=C/CCCCCCC.[Na+]. The number of carbonyl (C=O) groups excluding carboxylic acids is 2. The number of benzene rings is 1. The minimum absolute atomic E-state index is 0. The largest absolute Gasteiger partial charge is 1.00 e. The molecule has 7 nitrogen and oxygen atoms in total. The Kier molecular flexibility index (Phi) is 22.4. The third kappa shape index (κ3) is 17.1. The van der Waals surface area contributed by atoms with Crippen LogP contribution in [0.3, 0.4) is 0 Å². The van der Waals surface area contributed by atoms with Crippen LogP contribution in [0.25, 0.3) is 0 Å². The maximum Gasteiger partial charge on any atom is 1.00 e. The van der Waals surface area contributed by atoms with Gasteiger partial charge in [0.1, 0.15) is 10.1 Å². The number of esters is 2. The Morgan fingerprint density at radius 2 is 1.18 bits per heavy atom. The smallest absolute Gasteiger partial charge is 0.744 e. The summed E-state index contributed by atoms with van der Waals surface area (Å²) in [4.78, 5) is 24.6. The number of carbonyl (C=O) groups is 2. The zero-order valence-electron chi connectivity index (χ0n) is 24.1. The van der Waals surface area contributed by atoms with E-state index in [2.05, 4.69) is 13.8 Å².